The van der Waals surface area contributed by atoms with Crippen molar-refractivity contribution in [2.24, 2.45) is 0 Å². The van der Waals surface area contributed by atoms with E-state index in [2.05, 4.69) is 10.3 Å². The van der Waals surface area contributed by atoms with E-state index in [1.807, 2.05) is 31.2 Å². The number of aryl methyl sites for hydroxylation is 3. The molecular weight excluding hydrogens is 335 g/mol. The van der Waals surface area contributed by atoms with Gasteiger partial charge in [-0.05, 0) is 32.9 Å². The minimum atomic E-state index is -0.136. The zero-order valence-corrected chi connectivity index (χ0v) is 14.8. The van der Waals surface area contributed by atoms with Gasteiger partial charge in [0.05, 0.1) is 24.4 Å². The Balaban J connectivity index is 1.92. The summed E-state index contributed by atoms with van der Waals surface area (Å²) < 4.78 is 5.59. The van der Waals surface area contributed by atoms with Crippen LogP contribution >= 0.6 is 23.2 Å². The van der Waals surface area contributed by atoms with Gasteiger partial charge in [0.25, 0.3) is 0 Å². The molecule has 1 heterocycles. The van der Waals surface area contributed by atoms with Gasteiger partial charge in [-0.15, -0.1) is 0 Å². The summed E-state index contributed by atoms with van der Waals surface area (Å²) >= 11 is 12.3. The van der Waals surface area contributed by atoms with Gasteiger partial charge in [-0.2, -0.15) is 0 Å². The van der Waals surface area contributed by atoms with Crippen molar-refractivity contribution >= 4 is 34.8 Å². The Bertz CT molecular complexity index is 689. The molecule has 122 valence electrons. The van der Waals surface area contributed by atoms with Gasteiger partial charge < -0.3 is 10.1 Å². The monoisotopic (exact) mass is 352 g/mol. The summed E-state index contributed by atoms with van der Waals surface area (Å²) in [5, 5.41) is 3.56. The van der Waals surface area contributed by atoms with Crippen LogP contribution in [0.2, 0.25) is 10.0 Å². The highest BCUT2D eigenvalue weighted by molar-refractivity contribution is 6.37. The fourth-order valence-electron chi connectivity index (χ4n) is 2.01. The molecule has 0 saturated heterocycles. The van der Waals surface area contributed by atoms with Crippen LogP contribution in [0.1, 0.15) is 23.4 Å². The number of aromatic nitrogens is 1. The van der Waals surface area contributed by atoms with E-state index in [9.17, 15) is 4.79 Å². The van der Waals surface area contributed by atoms with Crippen LogP contribution in [0, 0.1) is 20.8 Å². The molecule has 0 aliphatic rings. The molecule has 0 aliphatic heterocycles. The first-order valence-corrected chi connectivity index (χ1v) is 7.95. The van der Waals surface area contributed by atoms with Crippen molar-refractivity contribution in [1.29, 1.82) is 0 Å². The molecule has 1 aromatic heterocycles. The number of carbonyl (C=O) groups is 1. The minimum Gasteiger partial charge on any atom is -0.490 e. The van der Waals surface area contributed by atoms with E-state index in [1.165, 1.54) is 0 Å². The Hall–Kier alpha value is -1.78. The number of benzene rings is 1. The molecule has 0 fully saturated rings. The van der Waals surface area contributed by atoms with Crippen LogP contribution in [0.4, 0.5) is 5.69 Å². The summed E-state index contributed by atoms with van der Waals surface area (Å²) in [4.78, 5) is 16.1. The number of hydrogen-bond acceptors (Lipinski definition) is 3. The third-order valence-corrected chi connectivity index (χ3v) is 4.17. The van der Waals surface area contributed by atoms with Crippen LogP contribution in [-0.2, 0) is 4.79 Å². The number of carbonyl (C=O) groups excluding carboxylic acids is 1. The van der Waals surface area contributed by atoms with Crippen molar-refractivity contribution in [2.75, 3.05) is 11.9 Å². The van der Waals surface area contributed by atoms with Gasteiger partial charge in [-0.25, -0.2) is 0 Å². The summed E-state index contributed by atoms with van der Waals surface area (Å²) in [5.41, 5.74) is 3.19. The molecule has 0 atom stereocenters. The molecule has 2 aromatic rings. The average Bonchev–Trinajstić information content (AvgIpc) is 2.51. The SMILES string of the molecule is Cc1ccc(NC(=O)CCOc2c(Cl)c(C)nc(C)c2Cl)cc1. The van der Waals surface area contributed by atoms with Crippen LogP contribution in [0.15, 0.2) is 24.3 Å². The maximum absolute atomic E-state index is 11.9. The summed E-state index contributed by atoms with van der Waals surface area (Å²) in [5.74, 6) is 0.241. The zero-order chi connectivity index (χ0) is 17.0. The van der Waals surface area contributed by atoms with Crippen molar-refractivity contribution in [3.63, 3.8) is 0 Å². The third-order valence-electron chi connectivity index (χ3n) is 3.28. The van der Waals surface area contributed by atoms with Crippen LogP contribution in [0.5, 0.6) is 5.75 Å². The van der Waals surface area contributed by atoms with Crippen molar-refractivity contribution in [2.45, 2.75) is 27.2 Å². The van der Waals surface area contributed by atoms with Crippen molar-refractivity contribution in [3.05, 3.63) is 51.3 Å². The van der Waals surface area contributed by atoms with Gasteiger partial charge in [0, 0.05) is 5.69 Å². The topological polar surface area (TPSA) is 51.2 Å². The second-order valence-electron chi connectivity index (χ2n) is 5.25. The smallest absolute Gasteiger partial charge is 0.227 e. The Morgan fingerprint density at radius 3 is 2.22 bits per heavy atom. The van der Waals surface area contributed by atoms with Gasteiger partial charge >= 0.3 is 0 Å². The lowest BCUT2D eigenvalue weighted by Gasteiger charge is -2.13. The second kappa shape index (κ2) is 7.66. The highest BCUT2D eigenvalue weighted by Gasteiger charge is 2.15. The fourth-order valence-corrected chi connectivity index (χ4v) is 2.44. The van der Waals surface area contributed by atoms with Crippen LogP contribution < -0.4 is 10.1 Å². The molecule has 1 N–H and O–H groups in total. The Kier molecular flexibility index (Phi) is 5.85. The largest absolute Gasteiger partial charge is 0.490 e. The maximum atomic E-state index is 11.9. The summed E-state index contributed by atoms with van der Waals surface area (Å²) in [6, 6.07) is 7.59. The molecule has 0 unspecified atom stereocenters. The summed E-state index contributed by atoms with van der Waals surface area (Å²) in [6.45, 7) is 5.73. The predicted octanol–water partition coefficient (Wildman–Crippen LogP) is 4.72. The van der Waals surface area contributed by atoms with E-state index in [0.717, 1.165) is 11.3 Å². The van der Waals surface area contributed by atoms with Crippen molar-refractivity contribution in [1.82, 2.24) is 4.98 Å². The number of ether oxygens (including phenoxy) is 1. The molecular formula is C17H18Cl2N2O2. The van der Waals surface area contributed by atoms with Gasteiger partial charge in [-0.1, -0.05) is 40.9 Å². The van der Waals surface area contributed by atoms with E-state index in [4.69, 9.17) is 27.9 Å². The first-order valence-electron chi connectivity index (χ1n) is 7.20. The molecule has 0 radical (unpaired) electrons. The zero-order valence-electron chi connectivity index (χ0n) is 13.2. The molecule has 4 nitrogen and oxygen atoms in total. The summed E-state index contributed by atoms with van der Waals surface area (Å²) in [7, 11) is 0. The number of nitrogens with zero attached hydrogens (tertiary/aromatic N) is 1. The average molecular weight is 353 g/mol. The Labute approximate surface area is 145 Å². The van der Waals surface area contributed by atoms with E-state index in [1.54, 1.807) is 13.8 Å². The molecule has 0 aliphatic carbocycles. The fraction of sp³-hybridized carbons (Fsp3) is 0.294. The van der Waals surface area contributed by atoms with E-state index >= 15 is 0 Å². The van der Waals surface area contributed by atoms with Crippen LogP contribution in [-0.4, -0.2) is 17.5 Å². The van der Waals surface area contributed by atoms with Crippen molar-refractivity contribution < 1.29 is 9.53 Å². The number of hydrogen-bond donors (Lipinski definition) is 1. The van der Waals surface area contributed by atoms with Crippen LogP contribution in [0.25, 0.3) is 0 Å². The first kappa shape index (κ1) is 17.6. The van der Waals surface area contributed by atoms with Gasteiger partial charge in [0.15, 0.2) is 5.75 Å². The normalized spacial score (nSPS) is 10.5. The highest BCUT2D eigenvalue weighted by atomic mass is 35.5. The molecule has 2 rings (SSSR count). The quantitative estimate of drug-likeness (QED) is 0.846. The minimum absolute atomic E-state index is 0.136. The molecule has 6 heteroatoms. The lowest BCUT2D eigenvalue weighted by atomic mass is 10.2. The Morgan fingerprint density at radius 1 is 1.09 bits per heavy atom. The van der Waals surface area contributed by atoms with Crippen LogP contribution in [0.3, 0.4) is 0 Å². The molecule has 0 saturated carbocycles. The lowest BCUT2D eigenvalue weighted by molar-refractivity contribution is -0.116. The number of amides is 1. The standard InChI is InChI=1S/C17H18Cl2N2O2/c1-10-4-6-13(7-5-10)21-14(22)8-9-23-17-15(18)11(2)20-12(3)16(17)19/h4-7H,8-9H2,1-3H3,(H,21,22). The van der Waals surface area contributed by atoms with E-state index in [0.29, 0.717) is 27.2 Å². The number of pyridine rings is 1. The molecule has 1 amide bonds. The number of nitrogens with one attached hydrogen (secondary N) is 1. The number of rotatable bonds is 5. The first-order chi connectivity index (χ1) is 10.9. The molecule has 23 heavy (non-hydrogen) atoms. The molecule has 1 aromatic carbocycles. The number of halogens is 2. The van der Waals surface area contributed by atoms with E-state index < -0.39 is 0 Å². The van der Waals surface area contributed by atoms with E-state index in [-0.39, 0.29) is 18.9 Å². The lowest BCUT2D eigenvalue weighted by Crippen LogP contribution is -2.15. The second-order valence-corrected chi connectivity index (χ2v) is 6.01. The number of anilines is 1. The van der Waals surface area contributed by atoms with Gasteiger partial charge in [-0.3, -0.25) is 9.78 Å². The van der Waals surface area contributed by atoms with Crippen molar-refractivity contribution in [3.8, 4) is 5.75 Å². The Morgan fingerprint density at radius 2 is 1.65 bits per heavy atom. The maximum Gasteiger partial charge on any atom is 0.227 e. The highest BCUT2D eigenvalue weighted by Crippen LogP contribution is 2.36. The molecule has 0 bridgehead atoms. The summed E-state index contributed by atoms with van der Waals surface area (Å²) in [6.07, 6.45) is 0.195. The van der Waals surface area contributed by atoms with Gasteiger partial charge in [0.2, 0.25) is 5.91 Å². The van der Waals surface area contributed by atoms with Gasteiger partial charge in [0.1, 0.15) is 10.0 Å². The molecule has 0 spiro atoms. The predicted molar refractivity (Wildman–Crippen MR) is 93.7 cm³/mol. The third kappa shape index (κ3) is 4.60.